The summed E-state index contributed by atoms with van der Waals surface area (Å²) in [5.74, 6) is 0.491. The lowest BCUT2D eigenvalue weighted by atomic mass is 10.3. The number of nitrogen functional groups attached to an aromatic ring is 1. The van der Waals surface area contributed by atoms with Crippen molar-refractivity contribution in [3.05, 3.63) is 35.4 Å². The first kappa shape index (κ1) is 16.7. The highest BCUT2D eigenvalue weighted by atomic mass is 35.5. The third-order valence-electron chi connectivity index (χ3n) is 3.83. The third kappa shape index (κ3) is 3.84. The van der Waals surface area contributed by atoms with Crippen LogP contribution in [-0.4, -0.2) is 53.1 Å². The van der Waals surface area contributed by atoms with E-state index in [1.165, 1.54) is 18.5 Å². The van der Waals surface area contributed by atoms with Gasteiger partial charge in [0.1, 0.15) is 17.8 Å². The second-order valence-electron chi connectivity index (χ2n) is 5.64. The second-order valence-corrected chi connectivity index (χ2v) is 6.05. The van der Waals surface area contributed by atoms with Gasteiger partial charge in [0.05, 0.1) is 5.02 Å². The Morgan fingerprint density at radius 2 is 1.88 bits per heavy atom. The fourth-order valence-electron chi connectivity index (χ4n) is 2.36. The van der Waals surface area contributed by atoms with Crippen LogP contribution in [0.15, 0.2) is 24.5 Å². The van der Waals surface area contributed by atoms with E-state index in [0.29, 0.717) is 23.0 Å². The van der Waals surface area contributed by atoms with Gasteiger partial charge in [-0.15, -0.1) is 0 Å². The van der Waals surface area contributed by atoms with E-state index in [1.54, 1.807) is 6.07 Å². The zero-order valence-corrected chi connectivity index (χ0v) is 14.0. The van der Waals surface area contributed by atoms with Gasteiger partial charge in [-0.2, -0.15) is 0 Å². The van der Waals surface area contributed by atoms with Crippen LogP contribution in [0.5, 0.6) is 0 Å². The van der Waals surface area contributed by atoms with Crippen molar-refractivity contribution in [2.24, 2.45) is 0 Å². The number of rotatable bonds is 4. The van der Waals surface area contributed by atoms with E-state index in [-0.39, 0.29) is 5.02 Å². The molecule has 24 heavy (non-hydrogen) atoms. The van der Waals surface area contributed by atoms with Crippen LogP contribution in [0.3, 0.4) is 0 Å². The highest BCUT2D eigenvalue weighted by Gasteiger charge is 2.16. The summed E-state index contributed by atoms with van der Waals surface area (Å²) in [6.45, 7) is 3.68. The van der Waals surface area contributed by atoms with Crippen LogP contribution < -0.4 is 16.5 Å². The summed E-state index contributed by atoms with van der Waals surface area (Å²) < 4.78 is 13.2. The minimum Gasteiger partial charge on any atom is -0.393 e. The largest absolute Gasteiger partial charge is 0.393 e. The molecule has 7 nitrogen and oxygen atoms in total. The Morgan fingerprint density at radius 1 is 1.17 bits per heavy atom. The molecule has 1 saturated heterocycles. The van der Waals surface area contributed by atoms with Crippen LogP contribution in [0.4, 0.5) is 27.4 Å². The summed E-state index contributed by atoms with van der Waals surface area (Å²) in [5, 5.41) is 5.13. The topological polar surface area (TPSA) is 82.3 Å². The molecule has 2 heterocycles. The van der Waals surface area contributed by atoms with Crippen LogP contribution in [0.2, 0.25) is 5.02 Å². The fraction of sp³-hybridized carbons (Fsp3) is 0.333. The Balaban J connectivity index is 1.74. The van der Waals surface area contributed by atoms with Crippen molar-refractivity contribution in [1.29, 1.82) is 0 Å². The summed E-state index contributed by atoms with van der Waals surface area (Å²) in [6, 6.07) is 4.33. The first-order chi connectivity index (χ1) is 11.5. The minimum absolute atomic E-state index is 0.0309. The molecular weight excluding hydrogens is 333 g/mol. The first-order valence-corrected chi connectivity index (χ1v) is 7.93. The Bertz CT molecular complexity index is 719. The molecule has 1 aliphatic rings. The maximum Gasteiger partial charge on any atom is 0.169 e. The molecule has 0 radical (unpaired) electrons. The first-order valence-electron chi connectivity index (χ1n) is 7.55. The molecule has 0 amide bonds. The molecule has 0 aliphatic carbocycles. The average Bonchev–Trinajstić information content (AvgIpc) is 2.57. The van der Waals surface area contributed by atoms with E-state index >= 15 is 0 Å². The normalized spacial score (nSPS) is 16.1. The molecule has 1 aromatic carbocycles. The molecule has 0 atom stereocenters. The van der Waals surface area contributed by atoms with Crippen molar-refractivity contribution in [3.63, 3.8) is 0 Å². The van der Waals surface area contributed by atoms with Crippen LogP contribution in [0, 0.1) is 5.82 Å². The smallest absolute Gasteiger partial charge is 0.169 e. The summed E-state index contributed by atoms with van der Waals surface area (Å²) in [5.41, 5.74) is 10.4. The van der Waals surface area contributed by atoms with Crippen molar-refractivity contribution in [2.75, 3.05) is 49.7 Å². The van der Waals surface area contributed by atoms with E-state index in [4.69, 9.17) is 17.3 Å². The molecule has 0 bridgehead atoms. The third-order valence-corrected chi connectivity index (χ3v) is 4.12. The van der Waals surface area contributed by atoms with Crippen LogP contribution >= 0.6 is 11.6 Å². The lowest BCUT2D eigenvalue weighted by Gasteiger charge is -2.32. The fourth-order valence-corrected chi connectivity index (χ4v) is 2.54. The van der Waals surface area contributed by atoms with E-state index in [2.05, 4.69) is 37.7 Å². The van der Waals surface area contributed by atoms with E-state index in [0.717, 1.165) is 26.2 Å². The molecule has 128 valence electrons. The standard InChI is InChI=1S/C15H19ClFN7/c1-23-4-6-24(7-5-23)22-15-13(18)14(19-9-20-15)21-10-2-3-12(17)11(16)8-10/h2-3,8-9H,4-7,18H2,1H3,(H2,19,20,21,22). The number of aromatic nitrogens is 2. The van der Waals surface area contributed by atoms with Crippen molar-refractivity contribution in [1.82, 2.24) is 19.9 Å². The Kier molecular flexibility index (Phi) is 4.98. The molecule has 4 N–H and O–H groups in total. The summed E-state index contributed by atoms with van der Waals surface area (Å²) >= 11 is 5.79. The number of piperazine rings is 1. The second kappa shape index (κ2) is 7.16. The number of halogens is 2. The van der Waals surface area contributed by atoms with E-state index < -0.39 is 5.82 Å². The molecule has 2 aromatic rings. The number of hydrogen-bond acceptors (Lipinski definition) is 7. The van der Waals surface area contributed by atoms with Crippen LogP contribution in [0.1, 0.15) is 0 Å². The molecule has 3 rings (SSSR count). The average molecular weight is 352 g/mol. The maximum atomic E-state index is 13.2. The van der Waals surface area contributed by atoms with Gasteiger partial charge in [-0.05, 0) is 25.2 Å². The zero-order valence-electron chi connectivity index (χ0n) is 13.3. The predicted molar refractivity (Wildman–Crippen MR) is 93.8 cm³/mol. The molecule has 1 aliphatic heterocycles. The number of likely N-dealkylation sites (N-methyl/N-ethyl adjacent to an activating group) is 1. The number of anilines is 4. The van der Waals surface area contributed by atoms with E-state index in [1.807, 2.05) is 0 Å². The number of nitrogens with one attached hydrogen (secondary N) is 2. The monoisotopic (exact) mass is 351 g/mol. The highest BCUT2D eigenvalue weighted by molar-refractivity contribution is 6.31. The van der Waals surface area contributed by atoms with Crippen LogP contribution in [0.25, 0.3) is 0 Å². The quantitative estimate of drug-likeness (QED) is 0.778. The predicted octanol–water partition coefficient (Wildman–Crippen LogP) is 2.17. The minimum atomic E-state index is -0.477. The zero-order chi connectivity index (χ0) is 17.1. The van der Waals surface area contributed by atoms with Gasteiger partial charge < -0.3 is 21.4 Å². The summed E-state index contributed by atoms with van der Waals surface area (Å²) in [4.78, 5) is 10.6. The molecule has 0 saturated carbocycles. The lowest BCUT2D eigenvalue weighted by molar-refractivity contribution is 0.178. The molecule has 1 aromatic heterocycles. The van der Waals surface area contributed by atoms with Crippen molar-refractivity contribution >= 4 is 34.6 Å². The van der Waals surface area contributed by atoms with Crippen molar-refractivity contribution in [3.8, 4) is 0 Å². The molecule has 9 heteroatoms. The van der Waals surface area contributed by atoms with Gasteiger partial charge in [0.25, 0.3) is 0 Å². The summed E-state index contributed by atoms with van der Waals surface area (Å²) in [6.07, 6.45) is 1.42. The Morgan fingerprint density at radius 3 is 2.58 bits per heavy atom. The molecular formula is C15H19ClFN7. The van der Waals surface area contributed by atoms with Gasteiger partial charge in [-0.3, -0.25) is 0 Å². The van der Waals surface area contributed by atoms with Gasteiger partial charge in [0.15, 0.2) is 11.6 Å². The van der Waals surface area contributed by atoms with Crippen molar-refractivity contribution in [2.45, 2.75) is 0 Å². The highest BCUT2D eigenvalue weighted by Crippen LogP contribution is 2.28. The van der Waals surface area contributed by atoms with Gasteiger partial charge >= 0.3 is 0 Å². The number of nitrogens with zero attached hydrogens (tertiary/aromatic N) is 4. The molecule has 1 fully saturated rings. The SMILES string of the molecule is CN1CCN(Nc2ncnc(Nc3ccc(F)c(Cl)c3)c2N)CC1. The van der Waals surface area contributed by atoms with Gasteiger partial charge in [0, 0.05) is 31.9 Å². The van der Waals surface area contributed by atoms with Crippen molar-refractivity contribution < 1.29 is 4.39 Å². The number of hydrogen-bond donors (Lipinski definition) is 3. The van der Waals surface area contributed by atoms with Gasteiger partial charge in [0.2, 0.25) is 0 Å². The lowest BCUT2D eigenvalue weighted by Crippen LogP contribution is -2.47. The summed E-state index contributed by atoms with van der Waals surface area (Å²) in [7, 11) is 2.09. The Hall–Kier alpha value is -2.16. The molecule has 0 unspecified atom stereocenters. The van der Waals surface area contributed by atoms with Gasteiger partial charge in [-0.25, -0.2) is 19.4 Å². The number of benzene rings is 1. The number of hydrazine groups is 1. The number of nitrogens with two attached hydrogens (primary N) is 1. The van der Waals surface area contributed by atoms with Crippen LogP contribution in [-0.2, 0) is 0 Å². The molecule has 0 spiro atoms. The van der Waals surface area contributed by atoms with Gasteiger partial charge in [-0.1, -0.05) is 11.6 Å². The Labute approximate surface area is 144 Å². The maximum absolute atomic E-state index is 13.2. The van der Waals surface area contributed by atoms with E-state index in [9.17, 15) is 4.39 Å².